The fraction of sp³-hybridized carbons (Fsp3) is 0.800. The zero-order valence-electron chi connectivity index (χ0n) is 14.1. The lowest BCUT2D eigenvalue weighted by atomic mass is 10.1. The summed E-state index contributed by atoms with van der Waals surface area (Å²) < 4.78 is 4.36. The first-order valence-corrected chi connectivity index (χ1v) is 9.12. The number of hydrogen-bond acceptors (Lipinski definition) is 6. The minimum absolute atomic E-state index is 0. The lowest BCUT2D eigenvalue weighted by Crippen LogP contribution is -2.38. The molecule has 138 valence electrons. The Morgan fingerprint density at radius 2 is 2.08 bits per heavy atom. The van der Waals surface area contributed by atoms with Crippen molar-refractivity contribution in [3.05, 3.63) is 5.82 Å². The number of aryl methyl sites for hydroxylation is 1. The SMILES string of the molecule is CCc1nsc(N2CCCN(C(=O)CC3CCCN3)CC2)n1.Cl.Cl. The summed E-state index contributed by atoms with van der Waals surface area (Å²) in [7, 11) is 0. The monoisotopic (exact) mass is 395 g/mol. The van der Waals surface area contributed by atoms with Gasteiger partial charge in [-0.25, -0.2) is 4.98 Å². The molecule has 0 aliphatic carbocycles. The van der Waals surface area contributed by atoms with E-state index < -0.39 is 0 Å². The second-order valence-electron chi connectivity index (χ2n) is 6.07. The molecule has 0 radical (unpaired) electrons. The maximum absolute atomic E-state index is 12.4. The van der Waals surface area contributed by atoms with Crippen LogP contribution in [0.5, 0.6) is 0 Å². The van der Waals surface area contributed by atoms with E-state index in [9.17, 15) is 4.79 Å². The van der Waals surface area contributed by atoms with Gasteiger partial charge in [-0.15, -0.1) is 24.8 Å². The number of halogens is 2. The molecule has 2 fully saturated rings. The molecule has 1 aromatic heterocycles. The van der Waals surface area contributed by atoms with Crippen molar-refractivity contribution in [2.45, 2.75) is 45.1 Å². The minimum atomic E-state index is 0. The number of carbonyl (C=O) groups is 1. The number of carbonyl (C=O) groups excluding carboxylic acids is 1. The van der Waals surface area contributed by atoms with Gasteiger partial charge in [0.25, 0.3) is 0 Å². The van der Waals surface area contributed by atoms with E-state index in [1.54, 1.807) is 0 Å². The summed E-state index contributed by atoms with van der Waals surface area (Å²) in [6.07, 6.45) is 4.87. The fourth-order valence-corrected chi connectivity index (χ4v) is 3.95. The number of hydrogen-bond donors (Lipinski definition) is 1. The number of aromatic nitrogens is 2. The van der Waals surface area contributed by atoms with Crippen LogP contribution < -0.4 is 10.2 Å². The van der Waals surface area contributed by atoms with Gasteiger partial charge < -0.3 is 15.1 Å². The van der Waals surface area contributed by atoms with Crippen LogP contribution in [-0.2, 0) is 11.2 Å². The number of amides is 1. The van der Waals surface area contributed by atoms with Crippen LogP contribution >= 0.6 is 36.3 Å². The summed E-state index contributed by atoms with van der Waals surface area (Å²) in [4.78, 5) is 21.3. The van der Waals surface area contributed by atoms with E-state index in [4.69, 9.17) is 0 Å². The van der Waals surface area contributed by atoms with Gasteiger partial charge in [-0.3, -0.25) is 4.79 Å². The predicted octanol–water partition coefficient (Wildman–Crippen LogP) is 2.12. The third-order valence-corrected chi connectivity index (χ3v) is 5.29. The van der Waals surface area contributed by atoms with Gasteiger partial charge >= 0.3 is 0 Å². The van der Waals surface area contributed by atoms with Crippen LogP contribution in [-0.4, -0.2) is 58.9 Å². The molecule has 2 saturated heterocycles. The van der Waals surface area contributed by atoms with E-state index in [1.165, 1.54) is 18.0 Å². The third kappa shape index (κ3) is 5.44. The highest BCUT2D eigenvalue weighted by molar-refractivity contribution is 7.09. The Hall–Kier alpha value is -0.630. The van der Waals surface area contributed by atoms with Crippen LogP contribution in [0.15, 0.2) is 0 Å². The molecule has 24 heavy (non-hydrogen) atoms. The number of nitrogens with zero attached hydrogens (tertiary/aromatic N) is 4. The van der Waals surface area contributed by atoms with Crippen molar-refractivity contribution in [1.29, 1.82) is 0 Å². The van der Waals surface area contributed by atoms with E-state index in [0.717, 1.165) is 62.9 Å². The second kappa shape index (κ2) is 10.4. The van der Waals surface area contributed by atoms with Gasteiger partial charge in [0.15, 0.2) is 0 Å². The molecule has 3 heterocycles. The van der Waals surface area contributed by atoms with E-state index in [0.29, 0.717) is 18.4 Å². The summed E-state index contributed by atoms with van der Waals surface area (Å²) in [6, 6.07) is 0.391. The molecule has 1 N–H and O–H groups in total. The zero-order valence-corrected chi connectivity index (χ0v) is 16.5. The normalized spacial score (nSPS) is 21.0. The molecule has 0 bridgehead atoms. The van der Waals surface area contributed by atoms with Crippen LogP contribution in [0.25, 0.3) is 0 Å². The maximum Gasteiger partial charge on any atom is 0.224 e. The van der Waals surface area contributed by atoms with Gasteiger partial charge in [-0.1, -0.05) is 6.92 Å². The Morgan fingerprint density at radius 3 is 2.75 bits per heavy atom. The fourth-order valence-electron chi connectivity index (χ4n) is 3.15. The third-order valence-electron chi connectivity index (χ3n) is 4.48. The Labute approximate surface area is 160 Å². The van der Waals surface area contributed by atoms with Gasteiger partial charge in [0.1, 0.15) is 5.82 Å². The molecular weight excluding hydrogens is 369 g/mol. The quantitative estimate of drug-likeness (QED) is 0.845. The smallest absolute Gasteiger partial charge is 0.224 e. The topological polar surface area (TPSA) is 61.4 Å². The van der Waals surface area contributed by atoms with Crippen molar-refractivity contribution in [2.24, 2.45) is 0 Å². The molecular formula is C15H27Cl2N5OS. The summed E-state index contributed by atoms with van der Waals surface area (Å²) in [5.41, 5.74) is 0. The Kier molecular flexibility index (Phi) is 9.26. The molecule has 0 aromatic carbocycles. The van der Waals surface area contributed by atoms with Crippen molar-refractivity contribution in [3.8, 4) is 0 Å². The summed E-state index contributed by atoms with van der Waals surface area (Å²) in [5, 5.41) is 4.41. The number of nitrogens with one attached hydrogen (secondary N) is 1. The first-order chi connectivity index (χ1) is 10.8. The van der Waals surface area contributed by atoms with Gasteiger partial charge in [-0.05, 0) is 25.8 Å². The van der Waals surface area contributed by atoms with E-state index in [-0.39, 0.29) is 24.8 Å². The van der Waals surface area contributed by atoms with Crippen LogP contribution in [0, 0.1) is 0 Å². The predicted molar refractivity (Wildman–Crippen MR) is 103 cm³/mol. The second-order valence-corrected chi connectivity index (χ2v) is 6.80. The van der Waals surface area contributed by atoms with Crippen molar-refractivity contribution in [2.75, 3.05) is 37.6 Å². The lowest BCUT2D eigenvalue weighted by molar-refractivity contribution is -0.131. The Bertz CT molecular complexity index is 510. The molecule has 2 aliphatic heterocycles. The summed E-state index contributed by atoms with van der Waals surface area (Å²) in [6.45, 7) is 6.62. The Morgan fingerprint density at radius 1 is 1.25 bits per heavy atom. The molecule has 1 atom stereocenters. The molecule has 0 saturated carbocycles. The maximum atomic E-state index is 12.4. The summed E-state index contributed by atoms with van der Waals surface area (Å²) in [5.74, 6) is 1.22. The number of anilines is 1. The van der Waals surface area contributed by atoms with Gasteiger partial charge in [0.2, 0.25) is 11.0 Å². The minimum Gasteiger partial charge on any atom is -0.345 e. The molecule has 1 unspecified atom stereocenters. The van der Waals surface area contributed by atoms with Crippen molar-refractivity contribution in [1.82, 2.24) is 19.6 Å². The molecule has 2 aliphatic rings. The average molecular weight is 396 g/mol. The van der Waals surface area contributed by atoms with Crippen molar-refractivity contribution < 1.29 is 4.79 Å². The van der Waals surface area contributed by atoms with Crippen LogP contribution in [0.4, 0.5) is 5.13 Å². The highest BCUT2D eigenvalue weighted by Crippen LogP contribution is 2.20. The number of rotatable bonds is 4. The van der Waals surface area contributed by atoms with Crippen LogP contribution in [0.1, 0.15) is 38.4 Å². The Balaban J connectivity index is 0.00000144. The van der Waals surface area contributed by atoms with Crippen LogP contribution in [0.2, 0.25) is 0 Å². The molecule has 1 aromatic rings. The lowest BCUT2D eigenvalue weighted by Gasteiger charge is -2.23. The largest absolute Gasteiger partial charge is 0.345 e. The van der Waals surface area contributed by atoms with Gasteiger partial charge in [0.05, 0.1) is 0 Å². The van der Waals surface area contributed by atoms with E-state index in [1.807, 2.05) is 4.90 Å². The highest BCUT2D eigenvalue weighted by Gasteiger charge is 2.24. The van der Waals surface area contributed by atoms with Crippen molar-refractivity contribution in [3.63, 3.8) is 0 Å². The molecule has 6 nitrogen and oxygen atoms in total. The zero-order chi connectivity index (χ0) is 15.4. The first-order valence-electron chi connectivity index (χ1n) is 8.35. The summed E-state index contributed by atoms with van der Waals surface area (Å²) >= 11 is 1.48. The van der Waals surface area contributed by atoms with E-state index in [2.05, 4.69) is 26.5 Å². The molecule has 9 heteroatoms. The van der Waals surface area contributed by atoms with Crippen LogP contribution in [0.3, 0.4) is 0 Å². The molecule has 3 rings (SSSR count). The van der Waals surface area contributed by atoms with Gasteiger partial charge in [0, 0.05) is 56.6 Å². The molecule has 0 spiro atoms. The van der Waals surface area contributed by atoms with Gasteiger partial charge in [-0.2, -0.15) is 4.37 Å². The molecule has 1 amide bonds. The standard InChI is InChI=1S/C15H25N5OS.2ClH/c1-2-13-17-15(22-18-13)20-8-4-7-19(9-10-20)14(21)11-12-5-3-6-16-12;;/h12,16H,2-11H2,1H3;2*1H. The average Bonchev–Trinajstić information content (AvgIpc) is 3.14. The van der Waals surface area contributed by atoms with Crippen molar-refractivity contribution >= 4 is 47.4 Å². The first kappa shape index (κ1) is 21.4. The highest BCUT2D eigenvalue weighted by atomic mass is 35.5. The van der Waals surface area contributed by atoms with E-state index >= 15 is 0 Å².